The number of carboxylic acids is 1. The molecule has 1 fully saturated rings. The summed E-state index contributed by atoms with van der Waals surface area (Å²) in [4.78, 5) is 35.9. The third kappa shape index (κ3) is 1.89. The molecule has 1 aromatic rings. The minimum atomic E-state index is -0.876. The fourth-order valence-corrected chi connectivity index (χ4v) is 2.03. The summed E-state index contributed by atoms with van der Waals surface area (Å²) >= 11 is 0. The van der Waals surface area contributed by atoms with Gasteiger partial charge in [-0.15, -0.1) is 5.10 Å². The van der Waals surface area contributed by atoms with E-state index in [0.29, 0.717) is 13.0 Å². The molecule has 1 unspecified atom stereocenters. The van der Waals surface area contributed by atoms with Gasteiger partial charge in [0.2, 0.25) is 5.82 Å². The second-order valence-electron chi connectivity index (χ2n) is 4.36. The van der Waals surface area contributed by atoms with Gasteiger partial charge in [-0.2, -0.15) is 0 Å². The summed E-state index contributed by atoms with van der Waals surface area (Å²) in [6, 6.07) is 0. The first-order valence-corrected chi connectivity index (χ1v) is 5.54. The number of rotatable bonds is 2. The van der Waals surface area contributed by atoms with Crippen molar-refractivity contribution in [2.45, 2.75) is 6.42 Å². The van der Waals surface area contributed by atoms with Crippen molar-refractivity contribution in [3.63, 3.8) is 0 Å². The van der Waals surface area contributed by atoms with Gasteiger partial charge in [-0.05, 0) is 6.42 Å². The molecule has 0 amide bonds. The molecule has 0 aromatic carbocycles. The largest absolute Gasteiger partial charge is 0.481 e. The lowest BCUT2D eigenvalue weighted by Crippen LogP contribution is -2.42. The molecule has 8 nitrogen and oxygen atoms in total. The van der Waals surface area contributed by atoms with Crippen LogP contribution in [0.2, 0.25) is 0 Å². The lowest BCUT2D eigenvalue weighted by Gasteiger charge is -2.16. The summed E-state index contributed by atoms with van der Waals surface area (Å²) in [7, 11) is 2.83. The van der Waals surface area contributed by atoms with Gasteiger partial charge in [0.05, 0.1) is 5.92 Å². The van der Waals surface area contributed by atoms with Crippen LogP contribution in [0.3, 0.4) is 0 Å². The molecule has 1 aliphatic heterocycles. The molecule has 18 heavy (non-hydrogen) atoms. The van der Waals surface area contributed by atoms with Crippen LogP contribution in [0.1, 0.15) is 6.42 Å². The zero-order chi connectivity index (χ0) is 13.4. The lowest BCUT2D eigenvalue weighted by molar-refractivity contribution is -0.140. The highest BCUT2D eigenvalue weighted by Gasteiger charge is 2.30. The monoisotopic (exact) mass is 254 g/mol. The summed E-state index contributed by atoms with van der Waals surface area (Å²) in [5, 5.41) is 12.8. The van der Waals surface area contributed by atoms with Crippen molar-refractivity contribution in [2.24, 2.45) is 20.0 Å². The van der Waals surface area contributed by atoms with E-state index in [0.717, 1.165) is 9.25 Å². The Bertz CT molecular complexity index is 603. The molecule has 0 aliphatic carbocycles. The molecule has 1 aromatic heterocycles. The SMILES string of the molecule is Cn1nc(N2CCC(C(=O)O)C2)c(=O)n(C)c1=O. The number of carbonyl (C=O) groups is 1. The van der Waals surface area contributed by atoms with Crippen molar-refractivity contribution >= 4 is 11.8 Å². The Balaban J connectivity index is 2.39. The van der Waals surface area contributed by atoms with Crippen LogP contribution in [0.5, 0.6) is 0 Å². The van der Waals surface area contributed by atoms with Gasteiger partial charge in [0.25, 0.3) is 5.56 Å². The summed E-state index contributed by atoms with van der Waals surface area (Å²) in [5.74, 6) is -1.24. The third-order valence-electron chi connectivity index (χ3n) is 3.14. The highest BCUT2D eigenvalue weighted by Crippen LogP contribution is 2.19. The Hall–Kier alpha value is -2.12. The summed E-state index contributed by atoms with van der Waals surface area (Å²) in [6.45, 7) is 0.702. The van der Waals surface area contributed by atoms with Crippen molar-refractivity contribution < 1.29 is 9.90 Å². The van der Waals surface area contributed by atoms with Gasteiger partial charge in [-0.1, -0.05) is 0 Å². The van der Waals surface area contributed by atoms with Gasteiger partial charge in [-0.3, -0.25) is 14.2 Å². The Labute approximate surface area is 102 Å². The predicted molar refractivity (Wildman–Crippen MR) is 62.7 cm³/mol. The van der Waals surface area contributed by atoms with Crippen molar-refractivity contribution in [3.05, 3.63) is 20.8 Å². The first-order valence-electron chi connectivity index (χ1n) is 5.54. The molecule has 1 saturated heterocycles. The third-order valence-corrected chi connectivity index (χ3v) is 3.14. The number of anilines is 1. The molecule has 1 atom stereocenters. The molecule has 0 radical (unpaired) electrons. The second kappa shape index (κ2) is 4.28. The van der Waals surface area contributed by atoms with Crippen LogP contribution in [0.4, 0.5) is 5.82 Å². The first kappa shape index (κ1) is 12.3. The lowest BCUT2D eigenvalue weighted by atomic mass is 10.1. The van der Waals surface area contributed by atoms with Crippen LogP contribution in [0.25, 0.3) is 0 Å². The fraction of sp³-hybridized carbons (Fsp3) is 0.600. The van der Waals surface area contributed by atoms with Crippen LogP contribution >= 0.6 is 0 Å². The molecular weight excluding hydrogens is 240 g/mol. The van der Waals surface area contributed by atoms with E-state index < -0.39 is 23.1 Å². The van der Waals surface area contributed by atoms with Gasteiger partial charge in [0.1, 0.15) is 0 Å². The summed E-state index contributed by atoms with van der Waals surface area (Å²) < 4.78 is 2.04. The van der Waals surface area contributed by atoms with Gasteiger partial charge in [0, 0.05) is 27.2 Å². The van der Waals surface area contributed by atoms with E-state index in [2.05, 4.69) is 5.10 Å². The number of aliphatic carboxylic acids is 1. The number of hydrogen-bond acceptors (Lipinski definition) is 5. The maximum atomic E-state index is 11.9. The average Bonchev–Trinajstić information content (AvgIpc) is 2.80. The molecule has 0 saturated carbocycles. The quantitative estimate of drug-likeness (QED) is 0.682. The number of aromatic nitrogens is 3. The molecule has 98 valence electrons. The van der Waals surface area contributed by atoms with E-state index in [4.69, 9.17) is 5.11 Å². The van der Waals surface area contributed by atoms with Crippen LogP contribution < -0.4 is 16.1 Å². The van der Waals surface area contributed by atoms with Crippen LogP contribution in [-0.2, 0) is 18.9 Å². The molecular formula is C10H14N4O4. The van der Waals surface area contributed by atoms with E-state index >= 15 is 0 Å². The van der Waals surface area contributed by atoms with E-state index in [1.807, 2.05) is 0 Å². The zero-order valence-electron chi connectivity index (χ0n) is 10.2. The number of hydrogen-bond donors (Lipinski definition) is 1. The van der Waals surface area contributed by atoms with Crippen LogP contribution in [0, 0.1) is 5.92 Å². The van der Waals surface area contributed by atoms with E-state index in [9.17, 15) is 14.4 Å². The smallest absolute Gasteiger partial charge is 0.346 e. The highest BCUT2D eigenvalue weighted by atomic mass is 16.4. The fourth-order valence-electron chi connectivity index (χ4n) is 2.03. The van der Waals surface area contributed by atoms with Crippen molar-refractivity contribution in [1.82, 2.24) is 14.3 Å². The van der Waals surface area contributed by atoms with E-state index in [1.165, 1.54) is 14.1 Å². The van der Waals surface area contributed by atoms with Gasteiger partial charge in [0.15, 0.2) is 0 Å². The van der Waals surface area contributed by atoms with Crippen LogP contribution in [0.15, 0.2) is 9.59 Å². The average molecular weight is 254 g/mol. The maximum Gasteiger partial charge on any atom is 0.346 e. The molecule has 2 heterocycles. The Morgan fingerprint density at radius 2 is 2.06 bits per heavy atom. The molecule has 2 rings (SSSR count). The standard InChI is InChI=1S/C10H14N4O4/c1-12-8(15)7(11-13(2)10(12)18)14-4-3-6(5-14)9(16)17/h6H,3-5H2,1-2H3,(H,16,17). The van der Waals surface area contributed by atoms with Gasteiger partial charge < -0.3 is 10.0 Å². The van der Waals surface area contributed by atoms with E-state index in [1.54, 1.807) is 4.90 Å². The van der Waals surface area contributed by atoms with Crippen molar-refractivity contribution in [3.8, 4) is 0 Å². The minimum absolute atomic E-state index is 0.128. The normalized spacial score (nSPS) is 19.2. The zero-order valence-corrected chi connectivity index (χ0v) is 10.2. The Morgan fingerprint density at radius 3 is 2.61 bits per heavy atom. The number of nitrogens with zero attached hydrogens (tertiary/aromatic N) is 4. The molecule has 1 aliphatic rings. The molecule has 8 heteroatoms. The minimum Gasteiger partial charge on any atom is -0.481 e. The van der Waals surface area contributed by atoms with Gasteiger partial charge >= 0.3 is 11.7 Å². The first-order chi connectivity index (χ1) is 8.41. The van der Waals surface area contributed by atoms with Gasteiger partial charge in [-0.25, -0.2) is 9.48 Å². The molecule has 0 spiro atoms. The number of carboxylic acid groups (broad SMARTS) is 1. The maximum absolute atomic E-state index is 11.9. The topological polar surface area (TPSA) is 97.4 Å². The molecule has 1 N–H and O–H groups in total. The van der Waals surface area contributed by atoms with Crippen LogP contribution in [-0.4, -0.2) is 38.5 Å². The van der Waals surface area contributed by atoms with Crippen molar-refractivity contribution in [1.29, 1.82) is 0 Å². The summed E-state index contributed by atoms with van der Waals surface area (Å²) in [6.07, 6.45) is 0.475. The summed E-state index contributed by atoms with van der Waals surface area (Å²) in [5.41, 5.74) is -0.998. The molecule has 0 bridgehead atoms. The van der Waals surface area contributed by atoms with Crippen molar-refractivity contribution in [2.75, 3.05) is 18.0 Å². The highest BCUT2D eigenvalue weighted by molar-refractivity contribution is 5.71. The second-order valence-corrected chi connectivity index (χ2v) is 4.36. The predicted octanol–water partition coefficient (Wildman–Crippen LogP) is -1.61. The number of aryl methyl sites for hydroxylation is 1. The Kier molecular flexibility index (Phi) is 2.93. The van der Waals surface area contributed by atoms with E-state index in [-0.39, 0.29) is 12.4 Å². The Morgan fingerprint density at radius 1 is 1.39 bits per heavy atom.